The van der Waals surface area contributed by atoms with Gasteiger partial charge < -0.3 is 9.80 Å². The quantitative estimate of drug-likeness (QED) is 0.901. The molecule has 0 radical (unpaired) electrons. The van der Waals surface area contributed by atoms with E-state index in [0.717, 1.165) is 24.6 Å². The molecule has 1 aromatic carbocycles. The molecule has 1 amide bonds. The lowest BCUT2D eigenvalue weighted by molar-refractivity contribution is -0.131. The van der Waals surface area contributed by atoms with Crippen LogP contribution in [0.4, 0.5) is 5.69 Å². The molecule has 0 aliphatic carbocycles. The average Bonchev–Trinajstić information content (AvgIpc) is 3.01. The van der Waals surface area contributed by atoms with Crippen molar-refractivity contribution in [3.05, 3.63) is 39.9 Å². The van der Waals surface area contributed by atoms with Crippen molar-refractivity contribution in [2.24, 2.45) is 0 Å². The fraction of sp³-hybridized carbons (Fsp3) is 0.438. The highest BCUT2D eigenvalue weighted by molar-refractivity contribution is 6.42. The molecule has 1 aliphatic heterocycles. The summed E-state index contributed by atoms with van der Waals surface area (Å²) < 4.78 is 0. The molecule has 0 unspecified atom stereocenters. The molecule has 1 fully saturated rings. The van der Waals surface area contributed by atoms with Gasteiger partial charge in [-0.2, -0.15) is 5.10 Å². The lowest BCUT2D eigenvalue weighted by atomic mass is 10.2. The Morgan fingerprint density at radius 2 is 1.96 bits per heavy atom. The fourth-order valence-corrected chi connectivity index (χ4v) is 3.07. The number of piperazine rings is 1. The Bertz CT molecular complexity index is 725. The molecule has 8 heteroatoms. The molecular formula is C16H19Cl2N5O. The maximum atomic E-state index is 12.3. The highest BCUT2D eigenvalue weighted by atomic mass is 35.5. The zero-order valence-corrected chi connectivity index (χ0v) is 14.9. The number of halogens is 2. The summed E-state index contributed by atoms with van der Waals surface area (Å²) in [4.78, 5) is 20.7. The first kappa shape index (κ1) is 17.0. The van der Waals surface area contributed by atoms with Crippen LogP contribution in [0, 0.1) is 6.92 Å². The molecule has 2 heterocycles. The Balaban J connectivity index is 1.50. The van der Waals surface area contributed by atoms with E-state index in [-0.39, 0.29) is 5.91 Å². The number of H-pyrrole nitrogens is 1. The van der Waals surface area contributed by atoms with Gasteiger partial charge in [-0.15, -0.1) is 0 Å². The third-order valence-corrected chi connectivity index (χ3v) is 4.85. The number of aryl methyl sites for hydroxylation is 2. The van der Waals surface area contributed by atoms with Gasteiger partial charge in [0.25, 0.3) is 0 Å². The van der Waals surface area contributed by atoms with E-state index in [2.05, 4.69) is 20.1 Å². The first-order chi connectivity index (χ1) is 11.5. The van der Waals surface area contributed by atoms with Gasteiger partial charge in [0.15, 0.2) is 5.82 Å². The number of benzene rings is 1. The van der Waals surface area contributed by atoms with Crippen LogP contribution in [0.5, 0.6) is 0 Å². The molecule has 24 heavy (non-hydrogen) atoms. The molecule has 0 spiro atoms. The maximum Gasteiger partial charge on any atom is 0.223 e. The molecule has 0 saturated carbocycles. The predicted octanol–water partition coefficient (Wildman–Crippen LogP) is 2.70. The summed E-state index contributed by atoms with van der Waals surface area (Å²) in [5.74, 6) is 1.61. The second kappa shape index (κ2) is 7.40. The minimum Gasteiger partial charge on any atom is -0.368 e. The third-order valence-electron chi connectivity index (χ3n) is 4.11. The van der Waals surface area contributed by atoms with Gasteiger partial charge in [0.2, 0.25) is 5.91 Å². The van der Waals surface area contributed by atoms with Crippen LogP contribution in [-0.2, 0) is 11.2 Å². The molecule has 0 bridgehead atoms. The summed E-state index contributed by atoms with van der Waals surface area (Å²) >= 11 is 12.0. The van der Waals surface area contributed by atoms with Crippen molar-refractivity contribution in [1.29, 1.82) is 0 Å². The minimum atomic E-state index is 0.145. The molecular weight excluding hydrogens is 349 g/mol. The van der Waals surface area contributed by atoms with Crippen molar-refractivity contribution in [3.8, 4) is 0 Å². The number of nitrogens with zero attached hydrogens (tertiary/aromatic N) is 4. The number of carbonyl (C=O) groups excluding carboxylic acids is 1. The van der Waals surface area contributed by atoms with Gasteiger partial charge in [0, 0.05) is 44.7 Å². The number of hydrogen-bond donors (Lipinski definition) is 1. The predicted molar refractivity (Wildman–Crippen MR) is 94.7 cm³/mol. The Morgan fingerprint density at radius 3 is 2.58 bits per heavy atom. The SMILES string of the molecule is Cc1nc(CCC(=O)N2CCN(c3ccc(Cl)c(Cl)c3)CC2)n[nH]1. The smallest absolute Gasteiger partial charge is 0.223 e. The second-order valence-electron chi connectivity index (χ2n) is 5.80. The number of aromatic amines is 1. The van der Waals surface area contributed by atoms with Gasteiger partial charge >= 0.3 is 0 Å². The fourth-order valence-electron chi connectivity index (χ4n) is 2.77. The average molecular weight is 368 g/mol. The van der Waals surface area contributed by atoms with Crippen molar-refractivity contribution in [2.45, 2.75) is 19.8 Å². The van der Waals surface area contributed by atoms with E-state index in [1.807, 2.05) is 24.0 Å². The van der Waals surface area contributed by atoms with Crippen LogP contribution in [0.1, 0.15) is 18.1 Å². The van der Waals surface area contributed by atoms with E-state index in [4.69, 9.17) is 23.2 Å². The Labute approximate surface area is 150 Å². The Morgan fingerprint density at radius 1 is 1.21 bits per heavy atom. The van der Waals surface area contributed by atoms with E-state index in [9.17, 15) is 4.79 Å². The topological polar surface area (TPSA) is 65.1 Å². The van der Waals surface area contributed by atoms with Crippen molar-refractivity contribution in [1.82, 2.24) is 20.1 Å². The molecule has 1 N–H and O–H groups in total. The number of hydrogen-bond acceptors (Lipinski definition) is 4. The zero-order chi connectivity index (χ0) is 17.1. The van der Waals surface area contributed by atoms with Gasteiger partial charge in [-0.25, -0.2) is 4.98 Å². The van der Waals surface area contributed by atoms with Crippen molar-refractivity contribution < 1.29 is 4.79 Å². The van der Waals surface area contributed by atoms with E-state index in [0.29, 0.717) is 41.8 Å². The summed E-state index contributed by atoms with van der Waals surface area (Å²) in [7, 11) is 0. The number of nitrogens with one attached hydrogen (secondary N) is 1. The number of aromatic nitrogens is 3. The molecule has 3 rings (SSSR count). The summed E-state index contributed by atoms with van der Waals surface area (Å²) in [6.07, 6.45) is 1.00. The van der Waals surface area contributed by atoms with Crippen molar-refractivity contribution in [3.63, 3.8) is 0 Å². The van der Waals surface area contributed by atoms with Crippen LogP contribution in [0.2, 0.25) is 10.0 Å². The summed E-state index contributed by atoms with van der Waals surface area (Å²) in [5.41, 5.74) is 1.03. The van der Waals surface area contributed by atoms with E-state index < -0.39 is 0 Å². The number of carbonyl (C=O) groups is 1. The van der Waals surface area contributed by atoms with Crippen LogP contribution in [-0.4, -0.2) is 52.2 Å². The van der Waals surface area contributed by atoms with Gasteiger partial charge in [-0.3, -0.25) is 9.89 Å². The van der Waals surface area contributed by atoms with Crippen molar-refractivity contribution in [2.75, 3.05) is 31.1 Å². The highest BCUT2D eigenvalue weighted by Gasteiger charge is 2.21. The monoisotopic (exact) mass is 367 g/mol. The number of rotatable bonds is 4. The van der Waals surface area contributed by atoms with E-state index >= 15 is 0 Å². The molecule has 1 aromatic heterocycles. The van der Waals surface area contributed by atoms with Crippen LogP contribution >= 0.6 is 23.2 Å². The number of amides is 1. The molecule has 1 aliphatic rings. The first-order valence-electron chi connectivity index (χ1n) is 7.88. The lowest BCUT2D eigenvalue weighted by Gasteiger charge is -2.36. The summed E-state index contributed by atoms with van der Waals surface area (Å²) in [5, 5.41) is 7.96. The molecule has 0 atom stereocenters. The Hall–Kier alpha value is -1.79. The van der Waals surface area contributed by atoms with Crippen LogP contribution in [0.15, 0.2) is 18.2 Å². The van der Waals surface area contributed by atoms with Gasteiger partial charge in [-0.05, 0) is 25.1 Å². The van der Waals surface area contributed by atoms with Crippen molar-refractivity contribution >= 4 is 34.8 Å². The largest absolute Gasteiger partial charge is 0.368 e. The number of anilines is 1. The lowest BCUT2D eigenvalue weighted by Crippen LogP contribution is -2.48. The standard InChI is InChI=1S/C16H19Cl2N5O/c1-11-19-15(21-20-11)4-5-16(24)23-8-6-22(7-9-23)12-2-3-13(17)14(18)10-12/h2-3,10H,4-9H2,1H3,(H,19,20,21). The first-order valence-corrected chi connectivity index (χ1v) is 8.64. The molecule has 1 saturated heterocycles. The van der Waals surface area contributed by atoms with Gasteiger partial charge in [0.05, 0.1) is 10.0 Å². The highest BCUT2D eigenvalue weighted by Crippen LogP contribution is 2.27. The van der Waals surface area contributed by atoms with Crippen LogP contribution in [0.3, 0.4) is 0 Å². The van der Waals surface area contributed by atoms with Gasteiger partial charge in [-0.1, -0.05) is 23.2 Å². The van der Waals surface area contributed by atoms with Gasteiger partial charge in [0.1, 0.15) is 5.82 Å². The molecule has 128 valence electrons. The normalized spacial score (nSPS) is 15.0. The summed E-state index contributed by atoms with van der Waals surface area (Å²) in [6, 6.07) is 5.62. The molecule has 6 nitrogen and oxygen atoms in total. The van der Waals surface area contributed by atoms with Crippen LogP contribution < -0.4 is 4.90 Å². The second-order valence-corrected chi connectivity index (χ2v) is 6.62. The zero-order valence-electron chi connectivity index (χ0n) is 13.4. The molecule has 2 aromatic rings. The maximum absolute atomic E-state index is 12.3. The summed E-state index contributed by atoms with van der Waals surface area (Å²) in [6.45, 7) is 4.81. The third kappa shape index (κ3) is 3.99. The van der Waals surface area contributed by atoms with Crippen LogP contribution in [0.25, 0.3) is 0 Å². The van der Waals surface area contributed by atoms with E-state index in [1.165, 1.54) is 0 Å². The minimum absolute atomic E-state index is 0.145. The Kier molecular flexibility index (Phi) is 5.26. The van der Waals surface area contributed by atoms with E-state index in [1.54, 1.807) is 6.07 Å².